The van der Waals surface area contributed by atoms with Gasteiger partial charge in [0.15, 0.2) is 0 Å². The molecule has 1 heteroatoms. The van der Waals surface area contributed by atoms with Gasteiger partial charge in [-0.2, -0.15) is 0 Å². The molecule has 1 rings (SSSR count). The number of hydrogen-bond donors (Lipinski definition) is 0. The van der Waals surface area contributed by atoms with Crippen molar-refractivity contribution in [2.45, 2.75) is 38.8 Å². The lowest BCUT2D eigenvalue weighted by molar-refractivity contribution is 0.729. The summed E-state index contributed by atoms with van der Waals surface area (Å²) in [5.74, 6) is 1.88. The highest BCUT2D eigenvalue weighted by Gasteiger charge is 2.21. The summed E-state index contributed by atoms with van der Waals surface area (Å²) in [7, 11) is 2.48. The lowest BCUT2D eigenvalue weighted by atomic mass is 9.65. The van der Waals surface area contributed by atoms with Crippen molar-refractivity contribution in [2.75, 3.05) is 0 Å². The Bertz CT molecular complexity index is 62.8. The van der Waals surface area contributed by atoms with Crippen molar-refractivity contribution >= 4 is 7.28 Å². The molecule has 0 saturated heterocycles. The molecule has 0 unspecified atom stereocenters. The second-order valence-corrected chi connectivity index (χ2v) is 3.20. The van der Waals surface area contributed by atoms with Crippen molar-refractivity contribution in [3.8, 4) is 0 Å². The first-order valence-corrected chi connectivity index (χ1v) is 3.62. The van der Waals surface area contributed by atoms with E-state index in [9.17, 15) is 0 Å². The van der Waals surface area contributed by atoms with Gasteiger partial charge in [-0.1, -0.05) is 44.7 Å². The number of hydrogen-bond acceptors (Lipinski definition) is 0. The van der Waals surface area contributed by atoms with E-state index in [-0.39, 0.29) is 0 Å². The van der Waals surface area contributed by atoms with E-state index in [0.29, 0.717) is 0 Å². The van der Waals surface area contributed by atoms with E-state index in [1.54, 1.807) is 0 Å². The van der Waals surface area contributed by atoms with Crippen LogP contribution in [-0.4, -0.2) is 7.28 Å². The topological polar surface area (TPSA) is 0 Å². The molecular weight excluding hydrogens is 94.9 g/mol. The molecule has 8 heavy (non-hydrogen) atoms. The van der Waals surface area contributed by atoms with Crippen LogP contribution in [0.5, 0.6) is 0 Å². The van der Waals surface area contributed by atoms with Crippen molar-refractivity contribution in [1.29, 1.82) is 0 Å². The summed E-state index contributed by atoms with van der Waals surface area (Å²) in [5.41, 5.74) is 0. The van der Waals surface area contributed by atoms with Crippen molar-refractivity contribution in [2.24, 2.45) is 5.92 Å². The van der Waals surface area contributed by atoms with E-state index < -0.39 is 0 Å². The molecule has 0 aliphatic heterocycles. The van der Waals surface area contributed by atoms with Gasteiger partial charge in [0.1, 0.15) is 7.28 Å². The van der Waals surface area contributed by atoms with Crippen LogP contribution in [0.2, 0.25) is 12.1 Å². The Hall–Kier alpha value is 0.0649. The maximum atomic E-state index is 2.48. The smallest absolute Gasteiger partial charge is 0.0777 e. The normalized spacial score (nSPS) is 19.4. The molecule has 1 aliphatic carbocycles. The van der Waals surface area contributed by atoms with E-state index in [2.05, 4.69) is 21.1 Å². The minimum absolute atomic E-state index is 0.871. The van der Waals surface area contributed by atoms with Gasteiger partial charge in [-0.15, -0.1) is 0 Å². The molecule has 0 N–H and O–H groups in total. The molecule has 1 radical (unpaired) electrons. The standard InChI is InChI=1S/C7H14B/c1-6(2)5-8-7-3-4-7/h6-7H,3-5H2,1-2H3. The van der Waals surface area contributed by atoms with Crippen LogP contribution in [-0.2, 0) is 0 Å². The van der Waals surface area contributed by atoms with Crippen molar-refractivity contribution in [3.05, 3.63) is 0 Å². The van der Waals surface area contributed by atoms with E-state index >= 15 is 0 Å². The summed E-state index contributed by atoms with van der Waals surface area (Å²) in [6.07, 6.45) is 4.25. The quantitative estimate of drug-likeness (QED) is 0.488. The van der Waals surface area contributed by atoms with Crippen LogP contribution in [0.3, 0.4) is 0 Å². The fourth-order valence-corrected chi connectivity index (χ4v) is 0.797. The van der Waals surface area contributed by atoms with Gasteiger partial charge >= 0.3 is 0 Å². The van der Waals surface area contributed by atoms with Crippen molar-refractivity contribution in [3.63, 3.8) is 0 Å². The first kappa shape index (κ1) is 6.19. The predicted molar refractivity (Wildman–Crippen MR) is 38.4 cm³/mol. The minimum Gasteiger partial charge on any atom is -0.0777 e. The van der Waals surface area contributed by atoms with Gasteiger partial charge in [-0.3, -0.25) is 0 Å². The average molecular weight is 109 g/mol. The van der Waals surface area contributed by atoms with Gasteiger partial charge in [0.2, 0.25) is 0 Å². The maximum absolute atomic E-state index is 2.48. The zero-order chi connectivity index (χ0) is 5.98. The van der Waals surface area contributed by atoms with Crippen LogP contribution < -0.4 is 0 Å². The largest absolute Gasteiger partial charge is 0.113 e. The lowest BCUT2D eigenvalue weighted by Gasteiger charge is -1.98. The number of rotatable bonds is 3. The van der Waals surface area contributed by atoms with Gasteiger partial charge in [-0.25, -0.2) is 0 Å². The van der Waals surface area contributed by atoms with Crippen LogP contribution in [0.15, 0.2) is 0 Å². The van der Waals surface area contributed by atoms with Crippen LogP contribution in [0.4, 0.5) is 0 Å². The molecule has 1 saturated carbocycles. The first-order chi connectivity index (χ1) is 3.79. The lowest BCUT2D eigenvalue weighted by Crippen LogP contribution is -1.94. The van der Waals surface area contributed by atoms with Crippen LogP contribution in [0, 0.1) is 5.92 Å². The van der Waals surface area contributed by atoms with E-state index in [4.69, 9.17) is 0 Å². The molecule has 0 aromatic heterocycles. The Morgan fingerprint density at radius 3 is 2.50 bits per heavy atom. The molecule has 1 aliphatic rings. The van der Waals surface area contributed by atoms with Gasteiger partial charge in [0.25, 0.3) is 0 Å². The molecule has 0 spiro atoms. The molecule has 0 amide bonds. The Labute approximate surface area is 52.9 Å². The molecule has 0 aromatic rings. The van der Waals surface area contributed by atoms with E-state index in [0.717, 1.165) is 11.7 Å². The summed E-state index contributed by atoms with van der Waals surface area (Å²) >= 11 is 0. The zero-order valence-electron chi connectivity index (χ0n) is 5.85. The highest BCUT2D eigenvalue weighted by molar-refractivity contribution is 6.38. The maximum Gasteiger partial charge on any atom is 0.113 e. The van der Waals surface area contributed by atoms with Crippen LogP contribution in [0.25, 0.3) is 0 Å². The Morgan fingerprint density at radius 1 is 1.50 bits per heavy atom. The van der Waals surface area contributed by atoms with Crippen molar-refractivity contribution < 1.29 is 0 Å². The third-order valence-electron chi connectivity index (χ3n) is 1.56. The van der Waals surface area contributed by atoms with Crippen LogP contribution in [0.1, 0.15) is 26.7 Å². The van der Waals surface area contributed by atoms with E-state index in [1.165, 1.54) is 19.2 Å². The molecule has 0 nitrogen and oxygen atoms in total. The first-order valence-electron chi connectivity index (χ1n) is 3.62. The minimum atomic E-state index is 0.871. The van der Waals surface area contributed by atoms with Crippen molar-refractivity contribution in [1.82, 2.24) is 0 Å². The molecule has 0 aromatic carbocycles. The molecule has 0 bridgehead atoms. The molecule has 0 atom stereocenters. The van der Waals surface area contributed by atoms with Gasteiger partial charge < -0.3 is 0 Å². The predicted octanol–water partition coefficient (Wildman–Crippen LogP) is 2.35. The molecule has 45 valence electrons. The average Bonchev–Trinajstić information content (AvgIpc) is 2.41. The zero-order valence-corrected chi connectivity index (χ0v) is 5.85. The second kappa shape index (κ2) is 2.57. The fraction of sp³-hybridized carbons (Fsp3) is 1.00. The molecule has 0 heterocycles. The summed E-state index contributed by atoms with van der Waals surface area (Å²) in [4.78, 5) is 0. The SMILES string of the molecule is CC(C)C[B]C1CC1. The third-order valence-corrected chi connectivity index (χ3v) is 1.56. The third kappa shape index (κ3) is 2.39. The van der Waals surface area contributed by atoms with Gasteiger partial charge in [0.05, 0.1) is 0 Å². The van der Waals surface area contributed by atoms with Gasteiger partial charge in [-0.05, 0) is 0 Å². The summed E-state index contributed by atoms with van der Waals surface area (Å²) in [6.45, 7) is 4.55. The van der Waals surface area contributed by atoms with Gasteiger partial charge in [0, 0.05) is 0 Å². The highest BCUT2D eigenvalue weighted by Crippen LogP contribution is 2.36. The summed E-state index contributed by atoms with van der Waals surface area (Å²) in [5, 5.41) is 0. The summed E-state index contributed by atoms with van der Waals surface area (Å²) < 4.78 is 0. The highest BCUT2D eigenvalue weighted by atomic mass is 14.2. The fourth-order valence-electron chi connectivity index (χ4n) is 0.797. The van der Waals surface area contributed by atoms with Crippen LogP contribution >= 0.6 is 0 Å². The monoisotopic (exact) mass is 109 g/mol. The Balaban J connectivity index is 1.87. The second-order valence-electron chi connectivity index (χ2n) is 3.20. The van der Waals surface area contributed by atoms with E-state index in [1.807, 2.05) is 0 Å². The summed E-state index contributed by atoms with van der Waals surface area (Å²) in [6, 6.07) is 0. The molecule has 1 fully saturated rings. The Morgan fingerprint density at radius 2 is 2.12 bits per heavy atom. The Kier molecular flexibility index (Phi) is 1.98. The molecular formula is C7H14B.